The minimum atomic E-state index is -0.588. The van der Waals surface area contributed by atoms with Crippen LogP contribution in [0, 0.1) is 0 Å². The third-order valence-electron chi connectivity index (χ3n) is 3.56. The predicted octanol–water partition coefficient (Wildman–Crippen LogP) is -1.14. The summed E-state index contributed by atoms with van der Waals surface area (Å²) < 4.78 is 1.50. The van der Waals surface area contributed by atoms with E-state index in [0.717, 1.165) is 24.2 Å². The van der Waals surface area contributed by atoms with Crippen LogP contribution in [-0.2, 0) is 11.2 Å². The maximum Gasteiger partial charge on any atom is 0.270 e. The second-order valence-corrected chi connectivity index (χ2v) is 4.71. The molecule has 2 unspecified atom stereocenters. The third kappa shape index (κ3) is 1.43. The minimum absolute atomic E-state index is 0.0647. The average Bonchev–Trinajstić information content (AvgIpc) is 2.70. The fourth-order valence-electron chi connectivity index (χ4n) is 2.68. The molecule has 0 saturated carbocycles. The van der Waals surface area contributed by atoms with Crippen LogP contribution in [0.3, 0.4) is 0 Å². The summed E-state index contributed by atoms with van der Waals surface area (Å²) in [6, 6.07) is -0.523. The highest BCUT2D eigenvalue weighted by atomic mass is 16.2. The molecule has 0 radical (unpaired) electrons. The fourth-order valence-corrected chi connectivity index (χ4v) is 2.68. The fraction of sp³-hybridized carbons (Fsp3) is 0.545. The van der Waals surface area contributed by atoms with Crippen molar-refractivity contribution in [1.82, 2.24) is 20.4 Å². The second kappa shape index (κ2) is 3.81. The Morgan fingerprint density at radius 2 is 2.33 bits per heavy atom. The molecule has 18 heavy (non-hydrogen) atoms. The van der Waals surface area contributed by atoms with Crippen LogP contribution < -0.4 is 16.4 Å². The zero-order valence-corrected chi connectivity index (χ0v) is 10.1. The smallest absolute Gasteiger partial charge is 0.270 e. The highest BCUT2D eigenvalue weighted by Crippen LogP contribution is 2.29. The molecule has 0 fully saturated rings. The minimum Gasteiger partial charge on any atom is -0.368 e. The molecule has 0 aromatic carbocycles. The Balaban J connectivity index is 2.19. The van der Waals surface area contributed by atoms with E-state index in [2.05, 4.69) is 15.7 Å². The quantitative estimate of drug-likeness (QED) is 0.585. The van der Waals surface area contributed by atoms with E-state index in [9.17, 15) is 9.59 Å². The van der Waals surface area contributed by atoms with Crippen molar-refractivity contribution in [1.29, 1.82) is 0 Å². The number of carbonyl (C=O) groups is 2. The molecule has 7 nitrogen and oxygen atoms in total. The van der Waals surface area contributed by atoms with Gasteiger partial charge in [0.1, 0.15) is 11.7 Å². The summed E-state index contributed by atoms with van der Waals surface area (Å²) in [5.41, 5.74) is 7.61. The number of hydrogen-bond donors (Lipinski definition) is 3. The van der Waals surface area contributed by atoms with Crippen molar-refractivity contribution in [3.63, 3.8) is 0 Å². The number of fused-ring (bicyclic) bond motifs is 3. The van der Waals surface area contributed by atoms with Crippen LogP contribution in [0.2, 0.25) is 0 Å². The number of aromatic nitrogens is 2. The number of hydrogen-bond acceptors (Lipinski definition) is 4. The molecule has 0 aliphatic carbocycles. The number of rotatable bonds is 1. The standard InChI is InChI=1S/C11H15N5O2/c1-5-8-6(2-3-13-5)15-16-7(10(12)17)4-14-11(18)9(8)16/h5,7,13H,2-4H2,1H3,(H2,12,17)(H,14,18). The molecule has 3 heterocycles. The maximum absolute atomic E-state index is 12.0. The van der Waals surface area contributed by atoms with Crippen molar-refractivity contribution < 1.29 is 9.59 Å². The molecule has 4 N–H and O–H groups in total. The Labute approximate surface area is 104 Å². The molecule has 2 aliphatic heterocycles. The summed E-state index contributed by atoms with van der Waals surface area (Å²) in [5, 5.41) is 10.4. The molecule has 2 atom stereocenters. The van der Waals surface area contributed by atoms with Gasteiger partial charge in [0.15, 0.2) is 0 Å². The second-order valence-electron chi connectivity index (χ2n) is 4.71. The van der Waals surface area contributed by atoms with Gasteiger partial charge in [0.25, 0.3) is 5.91 Å². The molecule has 2 aliphatic rings. The van der Waals surface area contributed by atoms with Crippen molar-refractivity contribution in [3.8, 4) is 0 Å². The van der Waals surface area contributed by atoms with Crippen LogP contribution in [0.1, 0.15) is 40.8 Å². The van der Waals surface area contributed by atoms with E-state index in [1.54, 1.807) is 0 Å². The summed E-state index contributed by atoms with van der Waals surface area (Å²) in [6.07, 6.45) is 0.762. The highest BCUT2D eigenvalue weighted by Gasteiger charge is 2.36. The van der Waals surface area contributed by atoms with Crippen molar-refractivity contribution in [2.24, 2.45) is 5.73 Å². The number of nitrogens with zero attached hydrogens (tertiary/aromatic N) is 2. The van der Waals surface area contributed by atoms with Crippen molar-refractivity contribution in [2.45, 2.75) is 25.4 Å². The Hall–Kier alpha value is -1.89. The number of nitrogens with one attached hydrogen (secondary N) is 2. The van der Waals surface area contributed by atoms with E-state index in [1.807, 2.05) is 6.92 Å². The van der Waals surface area contributed by atoms with Gasteiger partial charge in [0, 0.05) is 31.1 Å². The van der Waals surface area contributed by atoms with Crippen LogP contribution in [0.5, 0.6) is 0 Å². The van der Waals surface area contributed by atoms with E-state index < -0.39 is 11.9 Å². The molecule has 1 aromatic rings. The third-order valence-corrected chi connectivity index (χ3v) is 3.56. The lowest BCUT2D eigenvalue weighted by atomic mass is 9.98. The first-order valence-electron chi connectivity index (χ1n) is 6.01. The van der Waals surface area contributed by atoms with Crippen LogP contribution in [0.4, 0.5) is 0 Å². The number of amides is 2. The lowest BCUT2D eigenvalue weighted by Crippen LogP contribution is -2.45. The Morgan fingerprint density at radius 1 is 1.56 bits per heavy atom. The first kappa shape index (κ1) is 11.2. The summed E-state index contributed by atoms with van der Waals surface area (Å²) in [5.74, 6) is -0.659. The van der Waals surface area contributed by atoms with E-state index in [-0.39, 0.29) is 18.5 Å². The summed E-state index contributed by atoms with van der Waals surface area (Å²) >= 11 is 0. The maximum atomic E-state index is 12.0. The van der Waals surface area contributed by atoms with Crippen LogP contribution in [0.25, 0.3) is 0 Å². The van der Waals surface area contributed by atoms with Crippen molar-refractivity contribution >= 4 is 11.8 Å². The molecule has 0 bridgehead atoms. The van der Waals surface area contributed by atoms with E-state index in [4.69, 9.17) is 5.73 Å². The van der Waals surface area contributed by atoms with Crippen molar-refractivity contribution in [2.75, 3.05) is 13.1 Å². The van der Waals surface area contributed by atoms with Crippen LogP contribution in [-0.4, -0.2) is 34.7 Å². The first-order valence-corrected chi connectivity index (χ1v) is 6.01. The number of primary amides is 1. The highest BCUT2D eigenvalue weighted by molar-refractivity contribution is 5.97. The molecular weight excluding hydrogens is 234 g/mol. The van der Waals surface area contributed by atoms with Gasteiger partial charge in [-0.3, -0.25) is 9.59 Å². The molecule has 0 spiro atoms. The molecule has 0 saturated heterocycles. The summed E-state index contributed by atoms with van der Waals surface area (Å²) in [7, 11) is 0. The van der Waals surface area contributed by atoms with E-state index in [0.29, 0.717) is 5.69 Å². The predicted molar refractivity (Wildman–Crippen MR) is 62.9 cm³/mol. The lowest BCUT2D eigenvalue weighted by molar-refractivity contribution is -0.121. The van der Waals surface area contributed by atoms with E-state index in [1.165, 1.54) is 4.68 Å². The topological polar surface area (TPSA) is 102 Å². The Morgan fingerprint density at radius 3 is 3.06 bits per heavy atom. The SMILES string of the molecule is CC1NCCc2nn3c(c21)C(=O)NCC3C(N)=O. The van der Waals surface area contributed by atoms with Gasteiger partial charge < -0.3 is 16.4 Å². The van der Waals surface area contributed by atoms with Gasteiger partial charge in [0.05, 0.1) is 5.69 Å². The zero-order chi connectivity index (χ0) is 12.9. The molecule has 1 aromatic heterocycles. The molecule has 2 amide bonds. The van der Waals surface area contributed by atoms with E-state index >= 15 is 0 Å². The monoisotopic (exact) mass is 249 g/mol. The summed E-state index contributed by atoms with van der Waals surface area (Å²) in [4.78, 5) is 23.4. The average molecular weight is 249 g/mol. The molecule has 96 valence electrons. The van der Waals surface area contributed by atoms with Gasteiger partial charge in [-0.2, -0.15) is 5.10 Å². The van der Waals surface area contributed by atoms with Gasteiger partial charge in [-0.15, -0.1) is 0 Å². The van der Waals surface area contributed by atoms with Gasteiger partial charge in [0.2, 0.25) is 5.91 Å². The van der Waals surface area contributed by atoms with Gasteiger partial charge >= 0.3 is 0 Å². The van der Waals surface area contributed by atoms with Gasteiger partial charge in [-0.25, -0.2) is 4.68 Å². The Bertz CT molecular complexity index is 536. The summed E-state index contributed by atoms with van der Waals surface area (Å²) in [6.45, 7) is 3.03. The van der Waals surface area contributed by atoms with Crippen LogP contribution >= 0.6 is 0 Å². The lowest BCUT2D eigenvalue weighted by Gasteiger charge is -2.24. The molecular formula is C11H15N5O2. The molecule has 7 heteroatoms. The Kier molecular flexibility index (Phi) is 2.37. The van der Waals surface area contributed by atoms with Crippen molar-refractivity contribution in [3.05, 3.63) is 17.0 Å². The van der Waals surface area contributed by atoms with Gasteiger partial charge in [-0.05, 0) is 6.92 Å². The van der Waals surface area contributed by atoms with Gasteiger partial charge in [-0.1, -0.05) is 0 Å². The number of nitrogens with two attached hydrogens (primary N) is 1. The first-order chi connectivity index (χ1) is 8.59. The number of carbonyl (C=O) groups excluding carboxylic acids is 2. The zero-order valence-electron chi connectivity index (χ0n) is 10.1. The normalized spacial score (nSPS) is 26.2. The largest absolute Gasteiger partial charge is 0.368 e. The molecule has 3 rings (SSSR count). The van der Waals surface area contributed by atoms with Crippen LogP contribution in [0.15, 0.2) is 0 Å².